The molecule has 124 valence electrons. The van der Waals surface area contributed by atoms with E-state index in [1.807, 2.05) is 18.2 Å². The minimum atomic E-state index is -0.784. The lowest BCUT2D eigenvalue weighted by Gasteiger charge is -2.30. The van der Waals surface area contributed by atoms with Gasteiger partial charge >= 0.3 is 5.97 Å². The summed E-state index contributed by atoms with van der Waals surface area (Å²) in [5.41, 5.74) is 2.29. The molecule has 5 nitrogen and oxygen atoms in total. The number of rotatable bonds is 3. The lowest BCUT2D eigenvalue weighted by Crippen LogP contribution is -2.40. The Morgan fingerprint density at radius 1 is 1.08 bits per heavy atom. The Bertz CT molecular complexity index is 753. The van der Waals surface area contributed by atoms with Crippen LogP contribution in [0.25, 0.3) is 11.1 Å². The van der Waals surface area contributed by atoms with Gasteiger partial charge in [0.15, 0.2) is 0 Å². The number of hydrogen-bond donors (Lipinski definition) is 1. The third-order valence-corrected chi connectivity index (χ3v) is 4.55. The van der Waals surface area contributed by atoms with Crippen molar-refractivity contribution in [2.75, 3.05) is 13.1 Å². The lowest BCUT2D eigenvalue weighted by atomic mass is 9.96. The molecule has 2 aromatic rings. The van der Waals surface area contributed by atoms with E-state index in [4.69, 9.17) is 16.7 Å². The van der Waals surface area contributed by atoms with Gasteiger partial charge in [-0.05, 0) is 36.6 Å². The summed E-state index contributed by atoms with van der Waals surface area (Å²) in [7, 11) is 0. The highest BCUT2D eigenvalue weighted by atomic mass is 35.5. The number of halogens is 1. The number of nitrogens with zero attached hydrogens (tertiary/aromatic N) is 2. The molecule has 1 fully saturated rings. The van der Waals surface area contributed by atoms with E-state index >= 15 is 0 Å². The standard InChI is InChI=1S/C18H17ClN2O3/c19-16-3-1-12(2-4-16)14-9-15(11-20-10-14)17(22)21-7-5-13(6-8-21)18(23)24/h1-4,9-11,13H,5-8H2,(H,23,24). The van der Waals surface area contributed by atoms with Crippen molar-refractivity contribution in [3.63, 3.8) is 0 Å². The second-order valence-electron chi connectivity index (χ2n) is 5.87. The molecule has 2 heterocycles. The first kappa shape index (κ1) is 16.5. The third kappa shape index (κ3) is 3.57. The molecular formula is C18H17ClN2O3. The number of likely N-dealkylation sites (tertiary alicyclic amines) is 1. The summed E-state index contributed by atoms with van der Waals surface area (Å²) in [5, 5.41) is 9.69. The first-order chi connectivity index (χ1) is 11.5. The fourth-order valence-electron chi connectivity index (χ4n) is 2.87. The molecule has 1 aromatic heterocycles. The molecule has 1 aromatic carbocycles. The second-order valence-corrected chi connectivity index (χ2v) is 6.31. The van der Waals surface area contributed by atoms with Gasteiger partial charge in [-0.15, -0.1) is 0 Å². The maximum atomic E-state index is 12.6. The van der Waals surface area contributed by atoms with Gasteiger partial charge in [-0.3, -0.25) is 14.6 Å². The van der Waals surface area contributed by atoms with E-state index in [1.165, 1.54) is 0 Å². The minimum Gasteiger partial charge on any atom is -0.481 e. The van der Waals surface area contributed by atoms with Crippen LogP contribution >= 0.6 is 11.6 Å². The van der Waals surface area contributed by atoms with E-state index in [0.29, 0.717) is 36.5 Å². The lowest BCUT2D eigenvalue weighted by molar-refractivity contribution is -0.143. The highest BCUT2D eigenvalue weighted by molar-refractivity contribution is 6.30. The number of amides is 1. The summed E-state index contributed by atoms with van der Waals surface area (Å²) in [6, 6.07) is 9.16. The molecule has 1 aliphatic rings. The van der Waals surface area contributed by atoms with Crippen molar-refractivity contribution in [1.29, 1.82) is 0 Å². The Labute approximate surface area is 144 Å². The first-order valence-electron chi connectivity index (χ1n) is 7.77. The topological polar surface area (TPSA) is 70.5 Å². The van der Waals surface area contributed by atoms with Gasteiger partial charge in [-0.1, -0.05) is 23.7 Å². The van der Waals surface area contributed by atoms with Crippen LogP contribution in [0.2, 0.25) is 5.02 Å². The van der Waals surface area contributed by atoms with Gasteiger partial charge < -0.3 is 10.0 Å². The van der Waals surface area contributed by atoms with Crippen molar-refractivity contribution >= 4 is 23.5 Å². The van der Waals surface area contributed by atoms with Crippen molar-refractivity contribution in [3.05, 3.63) is 53.3 Å². The van der Waals surface area contributed by atoms with Crippen molar-refractivity contribution < 1.29 is 14.7 Å². The number of carboxylic acid groups (broad SMARTS) is 1. The van der Waals surface area contributed by atoms with E-state index in [9.17, 15) is 9.59 Å². The SMILES string of the molecule is O=C(O)C1CCN(C(=O)c2cncc(-c3ccc(Cl)cc3)c2)CC1. The van der Waals surface area contributed by atoms with Gasteiger partial charge in [-0.25, -0.2) is 0 Å². The van der Waals surface area contributed by atoms with E-state index in [1.54, 1.807) is 29.4 Å². The van der Waals surface area contributed by atoms with Crippen LogP contribution in [0.15, 0.2) is 42.7 Å². The zero-order valence-electron chi connectivity index (χ0n) is 13.0. The highest BCUT2D eigenvalue weighted by Gasteiger charge is 2.27. The number of hydrogen-bond acceptors (Lipinski definition) is 3. The third-order valence-electron chi connectivity index (χ3n) is 4.29. The van der Waals surface area contributed by atoms with Crippen LogP contribution in [0.5, 0.6) is 0 Å². The zero-order valence-corrected chi connectivity index (χ0v) is 13.7. The average Bonchev–Trinajstić information content (AvgIpc) is 2.62. The van der Waals surface area contributed by atoms with Crippen LogP contribution in [-0.4, -0.2) is 40.0 Å². The van der Waals surface area contributed by atoms with E-state index in [0.717, 1.165) is 11.1 Å². The molecule has 24 heavy (non-hydrogen) atoms. The Morgan fingerprint density at radius 3 is 2.38 bits per heavy atom. The second kappa shape index (κ2) is 7.01. The van der Waals surface area contributed by atoms with Gasteiger partial charge in [0.1, 0.15) is 0 Å². The number of aliphatic carboxylic acids is 1. The average molecular weight is 345 g/mol. The van der Waals surface area contributed by atoms with Crippen molar-refractivity contribution in [2.45, 2.75) is 12.8 Å². The molecule has 0 spiro atoms. The number of piperidine rings is 1. The van der Waals surface area contributed by atoms with Gasteiger partial charge in [0, 0.05) is 36.1 Å². The maximum absolute atomic E-state index is 12.6. The molecule has 0 atom stereocenters. The summed E-state index contributed by atoms with van der Waals surface area (Å²) in [6.45, 7) is 0.919. The molecule has 6 heteroatoms. The molecule has 0 radical (unpaired) electrons. The predicted octanol–water partition coefficient (Wildman–Crippen LogP) is 3.34. The zero-order chi connectivity index (χ0) is 17.1. The number of carbonyl (C=O) groups is 2. The minimum absolute atomic E-state index is 0.109. The van der Waals surface area contributed by atoms with Crippen LogP contribution in [0.3, 0.4) is 0 Å². The smallest absolute Gasteiger partial charge is 0.306 e. The number of carboxylic acids is 1. The fraction of sp³-hybridized carbons (Fsp3) is 0.278. The molecule has 1 aliphatic heterocycles. The van der Waals surface area contributed by atoms with Crippen LogP contribution in [-0.2, 0) is 4.79 Å². The van der Waals surface area contributed by atoms with Crippen molar-refractivity contribution in [2.24, 2.45) is 5.92 Å². The van der Waals surface area contributed by atoms with Crippen LogP contribution in [0.1, 0.15) is 23.2 Å². The van der Waals surface area contributed by atoms with Gasteiger partial charge in [0.2, 0.25) is 0 Å². The Hall–Kier alpha value is -2.40. The monoisotopic (exact) mass is 344 g/mol. The summed E-state index contributed by atoms with van der Waals surface area (Å²) >= 11 is 5.90. The van der Waals surface area contributed by atoms with Gasteiger partial charge in [0.25, 0.3) is 5.91 Å². The summed E-state index contributed by atoms with van der Waals surface area (Å²) in [5.74, 6) is -1.25. The maximum Gasteiger partial charge on any atom is 0.306 e. The molecule has 1 N–H and O–H groups in total. The predicted molar refractivity (Wildman–Crippen MR) is 90.9 cm³/mol. The molecular weight excluding hydrogens is 328 g/mol. The number of carbonyl (C=O) groups excluding carboxylic acids is 1. The molecule has 0 unspecified atom stereocenters. The largest absolute Gasteiger partial charge is 0.481 e. The molecule has 0 aliphatic carbocycles. The van der Waals surface area contributed by atoms with E-state index in [-0.39, 0.29) is 11.8 Å². The van der Waals surface area contributed by atoms with Gasteiger partial charge in [0.05, 0.1) is 11.5 Å². The Morgan fingerprint density at radius 2 is 1.75 bits per heavy atom. The molecule has 0 saturated carbocycles. The highest BCUT2D eigenvalue weighted by Crippen LogP contribution is 2.23. The molecule has 1 amide bonds. The molecule has 1 saturated heterocycles. The van der Waals surface area contributed by atoms with Gasteiger partial charge in [-0.2, -0.15) is 0 Å². The van der Waals surface area contributed by atoms with Crippen molar-refractivity contribution in [1.82, 2.24) is 9.88 Å². The molecule has 0 bridgehead atoms. The Balaban J connectivity index is 1.75. The number of pyridine rings is 1. The summed E-state index contributed by atoms with van der Waals surface area (Å²) in [4.78, 5) is 29.5. The first-order valence-corrected chi connectivity index (χ1v) is 8.15. The summed E-state index contributed by atoms with van der Waals surface area (Å²) in [6.07, 6.45) is 4.23. The van der Waals surface area contributed by atoms with E-state index < -0.39 is 5.97 Å². The molecule has 3 rings (SSSR count). The Kier molecular flexibility index (Phi) is 4.81. The fourth-order valence-corrected chi connectivity index (χ4v) is 3.00. The van der Waals surface area contributed by atoms with E-state index in [2.05, 4.69) is 4.98 Å². The van der Waals surface area contributed by atoms with Crippen molar-refractivity contribution in [3.8, 4) is 11.1 Å². The normalized spacial score (nSPS) is 15.3. The summed E-state index contributed by atoms with van der Waals surface area (Å²) < 4.78 is 0. The van der Waals surface area contributed by atoms with Crippen LogP contribution in [0.4, 0.5) is 0 Å². The number of aromatic nitrogens is 1. The van der Waals surface area contributed by atoms with Crippen LogP contribution < -0.4 is 0 Å². The quantitative estimate of drug-likeness (QED) is 0.927. The number of benzene rings is 1. The van der Waals surface area contributed by atoms with Crippen LogP contribution in [0, 0.1) is 5.92 Å².